The van der Waals surface area contributed by atoms with Crippen molar-refractivity contribution in [2.45, 2.75) is 60.8 Å². The maximum absolute atomic E-state index is 10.7. The summed E-state index contributed by atoms with van der Waals surface area (Å²) in [5.41, 5.74) is 3.93. The van der Waals surface area contributed by atoms with Crippen LogP contribution in [0.5, 0.6) is 0 Å². The first-order chi connectivity index (χ1) is 14.1. The van der Waals surface area contributed by atoms with E-state index in [0.29, 0.717) is 17.8 Å². The van der Waals surface area contributed by atoms with Gasteiger partial charge in [-0.2, -0.15) is 4.73 Å². The van der Waals surface area contributed by atoms with Crippen LogP contribution in [0.3, 0.4) is 0 Å². The molecule has 0 saturated carbocycles. The summed E-state index contributed by atoms with van der Waals surface area (Å²) in [5, 5.41) is 10.7. The molecule has 0 spiro atoms. The van der Waals surface area contributed by atoms with Crippen LogP contribution in [0, 0.1) is 11.1 Å². The fourth-order valence-corrected chi connectivity index (χ4v) is 2.77. The van der Waals surface area contributed by atoms with Crippen LogP contribution in [0.2, 0.25) is 0 Å². The topological polar surface area (TPSA) is 33.8 Å². The minimum Gasteiger partial charge on any atom is -0.619 e. The van der Waals surface area contributed by atoms with E-state index in [-0.39, 0.29) is 7.43 Å². The molecule has 31 heavy (non-hydrogen) atoms. The third kappa shape index (κ3) is 11.3. The number of pyridine rings is 2. The Balaban J connectivity index is 0.000000429. The lowest BCUT2D eigenvalue weighted by molar-refractivity contribution is -0.672. The van der Waals surface area contributed by atoms with Gasteiger partial charge < -0.3 is 5.21 Å². The fourth-order valence-electron chi connectivity index (χ4n) is 2.77. The van der Waals surface area contributed by atoms with E-state index in [2.05, 4.69) is 77.2 Å². The lowest BCUT2D eigenvalue weighted by atomic mass is 10.0. The average Bonchev–Trinajstić information content (AvgIpc) is 2.69. The van der Waals surface area contributed by atoms with Crippen molar-refractivity contribution >= 4 is 6.72 Å². The highest BCUT2D eigenvalue weighted by Crippen LogP contribution is 2.12. The molecule has 3 heterocycles. The summed E-state index contributed by atoms with van der Waals surface area (Å²) >= 11 is 0. The molecular formula is C27H43N3O+2. The van der Waals surface area contributed by atoms with Crippen molar-refractivity contribution in [1.82, 2.24) is 0 Å². The molecule has 170 valence electrons. The zero-order valence-electron chi connectivity index (χ0n) is 19.7. The van der Waals surface area contributed by atoms with Gasteiger partial charge in [0.05, 0.1) is 0 Å². The van der Waals surface area contributed by atoms with Crippen molar-refractivity contribution < 1.29 is 13.9 Å². The van der Waals surface area contributed by atoms with E-state index in [1.807, 2.05) is 36.2 Å². The average molecular weight is 426 g/mol. The summed E-state index contributed by atoms with van der Waals surface area (Å²) in [4.78, 5) is 0. The molecule has 0 N–H and O–H groups in total. The summed E-state index contributed by atoms with van der Waals surface area (Å²) in [5.74, 6) is 1.71. The van der Waals surface area contributed by atoms with Gasteiger partial charge in [-0.3, -0.25) is 0 Å². The maximum atomic E-state index is 10.7. The quantitative estimate of drug-likeness (QED) is 0.471. The molecule has 4 heteroatoms. The Kier molecular flexibility index (Phi) is 13.0. The maximum Gasteiger partial charge on any atom is 0.183 e. The summed E-state index contributed by atoms with van der Waals surface area (Å²) in [6.07, 6.45) is 13.5. The Morgan fingerprint density at radius 2 is 1.42 bits per heavy atom. The first kappa shape index (κ1) is 28.2. The Morgan fingerprint density at radius 1 is 0.871 bits per heavy atom. The van der Waals surface area contributed by atoms with Gasteiger partial charge in [-0.25, -0.2) is 9.14 Å². The van der Waals surface area contributed by atoms with Gasteiger partial charge in [0.1, 0.15) is 13.8 Å². The van der Waals surface area contributed by atoms with Crippen molar-refractivity contribution in [3.05, 3.63) is 89.3 Å². The van der Waals surface area contributed by atoms with Crippen molar-refractivity contribution in [3.8, 4) is 0 Å². The van der Waals surface area contributed by atoms with Crippen molar-refractivity contribution in [2.75, 3.05) is 6.54 Å². The van der Waals surface area contributed by atoms with E-state index in [1.165, 1.54) is 17.3 Å². The van der Waals surface area contributed by atoms with Crippen LogP contribution in [0.4, 0.5) is 0 Å². The second kappa shape index (κ2) is 14.3. The molecular weight excluding hydrogens is 382 g/mol. The van der Waals surface area contributed by atoms with Gasteiger partial charge in [-0.1, -0.05) is 55.0 Å². The molecule has 0 aromatic carbocycles. The van der Waals surface area contributed by atoms with Gasteiger partial charge >= 0.3 is 0 Å². The Labute approximate surface area is 190 Å². The summed E-state index contributed by atoms with van der Waals surface area (Å²) < 4.78 is 4.86. The van der Waals surface area contributed by atoms with Gasteiger partial charge in [-0.05, 0) is 35.5 Å². The van der Waals surface area contributed by atoms with Gasteiger partial charge in [0.15, 0.2) is 37.5 Å². The predicted molar refractivity (Wildman–Crippen MR) is 132 cm³/mol. The highest BCUT2D eigenvalue weighted by atomic mass is 16.5. The lowest BCUT2D eigenvalue weighted by Crippen LogP contribution is -2.27. The number of allylic oxidation sites excluding steroid dienone is 2. The molecule has 0 radical (unpaired) electrons. The van der Waals surface area contributed by atoms with E-state index >= 15 is 0 Å². The molecule has 0 saturated heterocycles. The van der Waals surface area contributed by atoms with Gasteiger partial charge in [-0.15, -0.1) is 0 Å². The molecule has 0 amide bonds. The molecule has 1 aliphatic rings. The summed E-state index contributed by atoms with van der Waals surface area (Å²) in [6, 6.07) is 7.96. The third-order valence-electron chi connectivity index (χ3n) is 4.83. The largest absolute Gasteiger partial charge is 0.619 e. The first-order valence-corrected chi connectivity index (χ1v) is 10.7. The Bertz CT molecular complexity index is 815. The van der Waals surface area contributed by atoms with Crippen LogP contribution in [0.1, 0.15) is 71.9 Å². The minimum absolute atomic E-state index is 0. The minimum atomic E-state index is 0. The molecule has 0 unspecified atom stereocenters. The smallest absolute Gasteiger partial charge is 0.183 e. The van der Waals surface area contributed by atoms with E-state index in [1.54, 1.807) is 12.3 Å². The molecule has 4 nitrogen and oxygen atoms in total. The standard InChI is InChI=1S/2C9H14N.C8H11NO.CH4/c2*1-8(2)9-5-4-6-10(3)7-9;1-7(2)8-4-3-5-9(10)6-8;/h4-8H,1-3H3;4-6,8H,3,7H2,1-2H3;3-7H,1-2H3;1H4/q2*+1;;. The van der Waals surface area contributed by atoms with E-state index in [4.69, 9.17) is 0 Å². The Hall–Kier alpha value is -2.75. The first-order valence-electron chi connectivity index (χ1n) is 10.7. The SMILES string of the molecule is C.C=[N+]1C=CC=C(C(C)C)C1.CC(C)c1ccc[n+](C)c1.CC(C)c1ccc[n+]([O-])c1. The van der Waals surface area contributed by atoms with E-state index in [9.17, 15) is 5.21 Å². The number of aryl methyl sites for hydroxylation is 1. The second-order valence-corrected chi connectivity index (χ2v) is 8.59. The molecule has 0 bridgehead atoms. The van der Waals surface area contributed by atoms with Crippen LogP contribution in [-0.4, -0.2) is 17.8 Å². The molecule has 3 rings (SSSR count). The monoisotopic (exact) mass is 425 g/mol. The van der Waals surface area contributed by atoms with Gasteiger partial charge in [0.2, 0.25) is 0 Å². The molecule has 2 aromatic heterocycles. The fraction of sp³-hybridized carbons (Fsp3) is 0.444. The van der Waals surface area contributed by atoms with Crippen molar-refractivity contribution in [3.63, 3.8) is 0 Å². The van der Waals surface area contributed by atoms with E-state index in [0.717, 1.165) is 16.8 Å². The van der Waals surface area contributed by atoms with Gasteiger partial charge in [0, 0.05) is 29.3 Å². The summed E-state index contributed by atoms with van der Waals surface area (Å²) in [7, 11) is 2.05. The zero-order chi connectivity index (χ0) is 22.7. The van der Waals surface area contributed by atoms with Crippen LogP contribution < -0.4 is 9.30 Å². The zero-order valence-corrected chi connectivity index (χ0v) is 19.7. The summed E-state index contributed by atoms with van der Waals surface area (Å²) in [6.45, 7) is 17.8. The van der Waals surface area contributed by atoms with Crippen molar-refractivity contribution in [2.24, 2.45) is 13.0 Å². The Morgan fingerprint density at radius 3 is 1.77 bits per heavy atom. The number of hydrogen-bond acceptors (Lipinski definition) is 1. The highest BCUT2D eigenvalue weighted by Gasteiger charge is 2.10. The highest BCUT2D eigenvalue weighted by molar-refractivity contribution is 5.22. The second-order valence-electron chi connectivity index (χ2n) is 8.59. The number of rotatable bonds is 3. The normalized spacial score (nSPS) is 12.5. The number of hydrogen-bond donors (Lipinski definition) is 0. The molecule has 0 fully saturated rings. The molecule has 1 aliphatic heterocycles. The molecule has 2 aromatic rings. The lowest BCUT2D eigenvalue weighted by Gasteiger charge is -2.09. The number of aromatic nitrogens is 2. The number of nitrogens with zero attached hydrogens (tertiary/aromatic N) is 3. The van der Waals surface area contributed by atoms with Crippen molar-refractivity contribution in [1.29, 1.82) is 0 Å². The van der Waals surface area contributed by atoms with Crippen LogP contribution in [0.25, 0.3) is 0 Å². The van der Waals surface area contributed by atoms with Crippen LogP contribution in [0.15, 0.2) is 73.0 Å². The van der Waals surface area contributed by atoms with Crippen LogP contribution in [-0.2, 0) is 7.05 Å². The third-order valence-corrected chi connectivity index (χ3v) is 4.83. The van der Waals surface area contributed by atoms with Crippen LogP contribution >= 0.6 is 0 Å². The van der Waals surface area contributed by atoms with E-state index < -0.39 is 0 Å². The predicted octanol–water partition coefficient (Wildman–Crippen LogP) is 5.52. The molecule has 0 aliphatic carbocycles. The molecule has 0 atom stereocenters. The van der Waals surface area contributed by atoms with Gasteiger partial charge in [0.25, 0.3) is 0 Å².